The van der Waals surface area contributed by atoms with Crippen molar-refractivity contribution in [3.05, 3.63) is 53.6 Å². The molecule has 0 bridgehead atoms. The van der Waals surface area contributed by atoms with Gasteiger partial charge in [-0.05, 0) is 37.6 Å². The van der Waals surface area contributed by atoms with Crippen molar-refractivity contribution >= 4 is 29.2 Å². The van der Waals surface area contributed by atoms with Gasteiger partial charge >= 0.3 is 6.03 Å². The Kier molecular flexibility index (Phi) is 5.03. The molecule has 0 spiro atoms. The molecule has 1 heterocycles. The molecule has 4 amide bonds. The SMILES string of the molecule is C/C=C(C=C1C(=O)NC(=O)NC1=O)\C(C)=N\Nc1ccccc1. The normalized spacial score (nSPS) is 15.9. The summed E-state index contributed by atoms with van der Waals surface area (Å²) >= 11 is 0. The standard InChI is InChI=1S/C16H16N4O3/c1-3-11(9-13-14(21)17-16(23)18-15(13)22)10(2)19-20-12-7-5-4-6-8-12/h3-9,20H,1-2H3,(H2,17,18,21,22,23)/b11-3-,19-10+. The first-order valence-corrected chi connectivity index (χ1v) is 6.91. The first kappa shape index (κ1) is 16.2. The summed E-state index contributed by atoms with van der Waals surface area (Å²) in [5.41, 5.74) is 4.73. The van der Waals surface area contributed by atoms with Gasteiger partial charge < -0.3 is 0 Å². The van der Waals surface area contributed by atoms with Gasteiger partial charge in [0.1, 0.15) is 5.57 Å². The van der Waals surface area contributed by atoms with Gasteiger partial charge in [-0.15, -0.1) is 0 Å². The van der Waals surface area contributed by atoms with E-state index in [0.717, 1.165) is 5.69 Å². The second-order valence-electron chi connectivity index (χ2n) is 4.71. The van der Waals surface area contributed by atoms with Crippen molar-refractivity contribution in [3.8, 4) is 0 Å². The number of allylic oxidation sites excluding steroid dienone is 3. The fourth-order valence-electron chi connectivity index (χ4n) is 1.88. The van der Waals surface area contributed by atoms with Crippen LogP contribution in [0.1, 0.15) is 13.8 Å². The highest BCUT2D eigenvalue weighted by Crippen LogP contribution is 2.10. The molecule has 1 aromatic rings. The molecule has 23 heavy (non-hydrogen) atoms. The molecule has 3 N–H and O–H groups in total. The number of imide groups is 2. The first-order valence-electron chi connectivity index (χ1n) is 6.91. The van der Waals surface area contributed by atoms with Crippen LogP contribution in [0.25, 0.3) is 0 Å². The molecule has 0 radical (unpaired) electrons. The summed E-state index contributed by atoms with van der Waals surface area (Å²) in [4.78, 5) is 34.5. The van der Waals surface area contributed by atoms with E-state index in [2.05, 4.69) is 10.5 Å². The zero-order valence-corrected chi connectivity index (χ0v) is 12.7. The molecule has 7 nitrogen and oxygen atoms in total. The molecule has 1 aliphatic heterocycles. The van der Waals surface area contributed by atoms with Crippen LogP contribution in [0.3, 0.4) is 0 Å². The van der Waals surface area contributed by atoms with Gasteiger partial charge in [-0.1, -0.05) is 24.3 Å². The van der Waals surface area contributed by atoms with Crippen LogP contribution >= 0.6 is 0 Å². The monoisotopic (exact) mass is 312 g/mol. The Morgan fingerprint density at radius 1 is 1.09 bits per heavy atom. The number of benzene rings is 1. The van der Waals surface area contributed by atoms with Crippen LogP contribution in [-0.4, -0.2) is 23.6 Å². The van der Waals surface area contributed by atoms with Crippen LogP contribution in [0.15, 0.2) is 58.7 Å². The smallest absolute Gasteiger partial charge is 0.278 e. The number of carbonyl (C=O) groups excluding carboxylic acids is 3. The number of hydrogen-bond acceptors (Lipinski definition) is 5. The van der Waals surface area contributed by atoms with Crippen LogP contribution in [0.5, 0.6) is 0 Å². The minimum Gasteiger partial charge on any atom is -0.278 e. The number of amides is 4. The van der Waals surface area contributed by atoms with E-state index in [1.54, 1.807) is 19.9 Å². The third-order valence-corrected chi connectivity index (χ3v) is 3.10. The Bertz CT molecular complexity index is 711. The van der Waals surface area contributed by atoms with Crippen LogP contribution in [0, 0.1) is 0 Å². The summed E-state index contributed by atoms with van der Waals surface area (Å²) < 4.78 is 0. The summed E-state index contributed by atoms with van der Waals surface area (Å²) in [5.74, 6) is -1.47. The van der Waals surface area contributed by atoms with Crippen molar-refractivity contribution in [2.45, 2.75) is 13.8 Å². The highest BCUT2D eigenvalue weighted by Gasteiger charge is 2.27. The zero-order chi connectivity index (χ0) is 16.8. The largest absolute Gasteiger partial charge is 0.328 e. The number of hydrazone groups is 1. The molecule has 0 aliphatic carbocycles. The predicted molar refractivity (Wildman–Crippen MR) is 86.7 cm³/mol. The second-order valence-corrected chi connectivity index (χ2v) is 4.71. The molecular weight excluding hydrogens is 296 g/mol. The summed E-state index contributed by atoms with van der Waals surface area (Å²) in [5, 5.41) is 8.27. The topological polar surface area (TPSA) is 99.7 Å². The Hall–Kier alpha value is -3.22. The average molecular weight is 312 g/mol. The highest BCUT2D eigenvalue weighted by atomic mass is 16.2. The summed E-state index contributed by atoms with van der Waals surface area (Å²) in [6.45, 7) is 3.50. The molecule has 0 unspecified atom stereocenters. The van der Waals surface area contributed by atoms with E-state index in [4.69, 9.17) is 0 Å². The third-order valence-electron chi connectivity index (χ3n) is 3.10. The summed E-state index contributed by atoms with van der Waals surface area (Å²) in [6, 6.07) is 8.54. The van der Waals surface area contributed by atoms with Gasteiger partial charge in [0.25, 0.3) is 11.8 Å². The fourth-order valence-corrected chi connectivity index (χ4v) is 1.88. The molecule has 0 saturated carbocycles. The number of urea groups is 1. The quantitative estimate of drug-likeness (QED) is 0.341. The minimum absolute atomic E-state index is 0.146. The van der Waals surface area contributed by atoms with Crippen molar-refractivity contribution in [1.82, 2.24) is 10.6 Å². The number of nitrogens with zero attached hydrogens (tertiary/aromatic N) is 1. The number of hydrogen-bond donors (Lipinski definition) is 3. The van der Waals surface area contributed by atoms with Gasteiger partial charge in [0.2, 0.25) is 0 Å². The Morgan fingerprint density at radius 2 is 1.70 bits per heavy atom. The molecule has 1 saturated heterocycles. The number of para-hydroxylation sites is 1. The second kappa shape index (κ2) is 7.17. The van der Waals surface area contributed by atoms with E-state index in [0.29, 0.717) is 11.3 Å². The van der Waals surface area contributed by atoms with E-state index >= 15 is 0 Å². The van der Waals surface area contributed by atoms with Gasteiger partial charge in [0.05, 0.1) is 11.4 Å². The zero-order valence-electron chi connectivity index (χ0n) is 12.7. The molecule has 0 aromatic heterocycles. The molecule has 2 rings (SSSR count). The molecule has 7 heteroatoms. The average Bonchev–Trinajstić information content (AvgIpc) is 2.53. The number of carbonyl (C=O) groups is 3. The van der Waals surface area contributed by atoms with Gasteiger partial charge in [0.15, 0.2) is 0 Å². The highest BCUT2D eigenvalue weighted by molar-refractivity contribution is 6.29. The van der Waals surface area contributed by atoms with Gasteiger partial charge in [-0.25, -0.2) is 4.79 Å². The lowest BCUT2D eigenvalue weighted by Crippen LogP contribution is -2.51. The third kappa shape index (κ3) is 4.13. The van der Waals surface area contributed by atoms with E-state index in [-0.39, 0.29) is 5.57 Å². The van der Waals surface area contributed by atoms with Gasteiger partial charge in [-0.2, -0.15) is 5.10 Å². The molecule has 1 aromatic carbocycles. The molecule has 0 atom stereocenters. The molecular formula is C16H16N4O3. The predicted octanol–water partition coefficient (Wildman–Crippen LogP) is 1.71. The minimum atomic E-state index is -0.824. The van der Waals surface area contributed by atoms with E-state index in [9.17, 15) is 14.4 Å². The van der Waals surface area contributed by atoms with Crippen molar-refractivity contribution in [2.24, 2.45) is 5.10 Å². The van der Waals surface area contributed by atoms with Crippen LogP contribution in [0.4, 0.5) is 10.5 Å². The lowest BCUT2D eigenvalue weighted by molar-refractivity contribution is -0.124. The van der Waals surface area contributed by atoms with Crippen LogP contribution in [0.2, 0.25) is 0 Å². The summed E-state index contributed by atoms with van der Waals surface area (Å²) in [7, 11) is 0. The number of anilines is 1. The van der Waals surface area contributed by atoms with Crippen LogP contribution < -0.4 is 16.1 Å². The van der Waals surface area contributed by atoms with E-state index in [1.165, 1.54) is 6.08 Å². The van der Waals surface area contributed by atoms with Gasteiger partial charge in [0, 0.05) is 0 Å². The lowest BCUT2D eigenvalue weighted by Gasteiger charge is -2.14. The first-order chi connectivity index (χ1) is 11.0. The van der Waals surface area contributed by atoms with Crippen molar-refractivity contribution in [3.63, 3.8) is 0 Å². The maximum atomic E-state index is 11.7. The fraction of sp³-hybridized carbons (Fsp3) is 0.125. The molecule has 1 fully saturated rings. The Morgan fingerprint density at radius 3 is 2.26 bits per heavy atom. The molecule has 118 valence electrons. The number of barbiturate groups is 1. The maximum Gasteiger partial charge on any atom is 0.328 e. The van der Waals surface area contributed by atoms with Crippen LogP contribution in [-0.2, 0) is 9.59 Å². The summed E-state index contributed by atoms with van der Waals surface area (Å²) in [6.07, 6.45) is 3.11. The van der Waals surface area contributed by atoms with Gasteiger partial charge in [-0.3, -0.25) is 25.6 Å². The lowest BCUT2D eigenvalue weighted by atomic mass is 10.1. The van der Waals surface area contributed by atoms with Crippen molar-refractivity contribution in [2.75, 3.05) is 5.43 Å². The van der Waals surface area contributed by atoms with E-state index < -0.39 is 17.8 Å². The van der Waals surface area contributed by atoms with Crippen molar-refractivity contribution < 1.29 is 14.4 Å². The Balaban J connectivity index is 2.19. The molecule has 1 aliphatic rings. The Labute approximate surface area is 133 Å². The van der Waals surface area contributed by atoms with E-state index in [1.807, 2.05) is 41.0 Å². The number of nitrogens with one attached hydrogen (secondary N) is 3. The van der Waals surface area contributed by atoms with Crippen molar-refractivity contribution in [1.29, 1.82) is 0 Å². The number of rotatable bonds is 4. The maximum absolute atomic E-state index is 11.7.